The van der Waals surface area contributed by atoms with Gasteiger partial charge in [0.15, 0.2) is 23.2 Å². The Morgan fingerprint density at radius 3 is 2.18 bits per heavy atom. The Kier molecular flexibility index (Phi) is 16.1. The normalized spacial score (nSPS) is 24.7. The molecule has 4 fully saturated rings. The van der Waals surface area contributed by atoms with Crippen LogP contribution in [0.25, 0.3) is 33.4 Å². The molecule has 93 heavy (non-hydrogen) atoms. The van der Waals surface area contributed by atoms with Crippen LogP contribution in [0.5, 0.6) is 11.5 Å². The Balaban J connectivity index is 0.698. The van der Waals surface area contributed by atoms with E-state index in [0.29, 0.717) is 77.3 Å². The number of aromatic nitrogens is 2. The number of aliphatic hydroxyl groups is 1. The molecule has 4 amide bonds. The quantitative estimate of drug-likeness (QED) is 0.0401. The Labute approximate surface area is 535 Å². The number of cyclic esters (lactones) is 1. The van der Waals surface area contributed by atoms with Gasteiger partial charge in [0, 0.05) is 58.0 Å². The second-order valence-electron chi connectivity index (χ2n) is 26.3. The molecule has 0 unspecified atom stereocenters. The lowest BCUT2D eigenvalue weighted by molar-refractivity contribution is -0.208. The van der Waals surface area contributed by atoms with E-state index in [-0.39, 0.29) is 79.9 Å². The highest BCUT2D eigenvalue weighted by atomic mass is 16.7. The third-order valence-corrected chi connectivity index (χ3v) is 20.2. The molecule has 486 valence electrons. The summed E-state index contributed by atoms with van der Waals surface area (Å²) < 4.78 is 47.4. The molecule has 3 saturated carbocycles. The van der Waals surface area contributed by atoms with Crippen LogP contribution < -0.4 is 36.3 Å². The first kappa shape index (κ1) is 62.5. The molecule has 8 aliphatic rings. The number of hydrogen-bond acceptors (Lipinski definition) is 18. The number of nitrogens with one attached hydrogen (secondary N) is 4. The van der Waals surface area contributed by atoms with Crippen molar-refractivity contribution in [1.29, 1.82) is 0 Å². The van der Waals surface area contributed by atoms with Crippen LogP contribution in [0.3, 0.4) is 0 Å². The smallest absolute Gasteiger partial charge is 0.407 e. The maximum Gasteiger partial charge on any atom is 0.407 e. The number of pyridine rings is 2. The van der Waals surface area contributed by atoms with Crippen molar-refractivity contribution in [3.63, 3.8) is 0 Å². The van der Waals surface area contributed by atoms with E-state index in [1.807, 2.05) is 74.5 Å². The summed E-state index contributed by atoms with van der Waals surface area (Å²) in [5, 5.41) is 23.9. The minimum atomic E-state index is -2.00. The summed E-state index contributed by atoms with van der Waals surface area (Å²) in [4.78, 5) is 113. The minimum Gasteiger partial charge on any atom is -0.467 e. The van der Waals surface area contributed by atoms with Crippen molar-refractivity contribution in [2.75, 3.05) is 25.8 Å². The number of fused-ring (bicyclic) bond motifs is 9. The summed E-state index contributed by atoms with van der Waals surface area (Å²) in [6, 6.07) is 24.4. The van der Waals surface area contributed by atoms with Gasteiger partial charge in [-0.05, 0) is 120 Å². The molecule has 8 atom stereocenters. The van der Waals surface area contributed by atoms with E-state index in [1.165, 1.54) is 21.0 Å². The number of ether oxygens (including phenoxy) is 8. The summed E-state index contributed by atoms with van der Waals surface area (Å²) >= 11 is 0. The van der Waals surface area contributed by atoms with Crippen LogP contribution in [0.1, 0.15) is 131 Å². The van der Waals surface area contributed by atoms with E-state index in [9.17, 15) is 43.5 Å². The summed E-state index contributed by atoms with van der Waals surface area (Å²) in [6.07, 6.45) is -1.75. The third-order valence-electron chi connectivity index (χ3n) is 20.2. The van der Waals surface area contributed by atoms with E-state index in [0.717, 1.165) is 38.8 Å². The number of aryl methyl sites for hydroxylation is 1. The van der Waals surface area contributed by atoms with Gasteiger partial charge < -0.3 is 68.8 Å². The second-order valence-corrected chi connectivity index (χ2v) is 26.3. The minimum absolute atomic E-state index is 0.00163. The molecule has 0 spiro atoms. The molecule has 2 aromatic heterocycles. The Morgan fingerprint density at radius 2 is 1.51 bits per heavy atom. The highest BCUT2D eigenvalue weighted by molar-refractivity contribution is 5.98. The van der Waals surface area contributed by atoms with Crippen LogP contribution in [-0.4, -0.2) is 113 Å². The maximum absolute atomic E-state index is 14.3. The van der Waals surface area contributed by atoms with Crippen molar-refractivity contribution in [2.24, 2.45) is 17.8 Å². The van der Waals surface area contributed by atoms with Gasteiger partial charge >= 0.3 is 30.1 Å². The first-order chi connectivity index (χ1) is 44.5. The van der Waals surface area contributed by atoms with Crippen molar-refractivity contribution < 1.29 is 76.6 Å². The number of amides is 4. The zero-order valence-electron chi connectivity index (χ0n) is 52.9. The monoisotopic (exact) mass is 1270 g/mol. The zero-order valence-corrected chi connectivity index (χ0v) is 52.9. The van der Waals surface area contributed by atoms with E-state index < -0.39 is 88.9 Å². The fraction of sp³-hybridized carbons (Fsp3) is 0.443. The standard InChI is InChI=1S/C70H74N6O17/c1-9-70(85)50-24-52-58-47(26-76(52)63(80)49(50)29-87-65(70)82)56(46-23-54-55(91-33-90-54)25-51(46)73-58)68-30-69(31-68,32-68)75-67(84)88-27-40-18-20-41(22-39(40)19-21-53-35(4)36(5)59(92-38(7)77)60(93-53)64(81)86-8)72-61(78)37(6)71-62(79)57(34(2)3)74-66(83)89-28-48-44-16-12-10-14-42(44)43-15-11-13-17-45(43)48/h10-18,20,22-25,34-37,48,53,57,59-60,85H,9,19,21,26-33H2,1-8H3,(H,71,79)(H,72,78)(H,74,83)(H,75,84)/t35-,36-,37+,53+,57+,59+,60+,68?,69?,70+/m1/s1. The number of carbonyl (C=O) groups is 7. The largest absolute Gasteiger partial charge is 0.467 e. The predicted molar refractivity (Wildman–Crippen MR) is 335 cm³/mol. The summed E-state index contributed by atoms with van der Waals surface area (Å²) in [6.45, 7) is 11.7. The van der Waals surface area contributed by atoms with Crippen molar-refractivity contribution >= 4 is 58.5 Å². The lowest BCUT2D eigenvalue weighted by Crippen LogP contribution is -2.77. The van der Waals surface area contributed by atoms with Crippen LogP contribution in [0.4, 0.5) is 15.3 Å². The van der Waals surface area contributed by atoms with Gasteiger partial charge in [0.25, 0.3) is 5.56 Å². The molecule has 1 saturated heterocycles. The molecule has 23 heteroatoms. The van der Waals surface area contributed by atoms with Crippen LogP contribution in [0.2, 0.25) is 0 Å². The fourth-order valence-electron chi connectivity index (χ4n) is 15.3. The van der Waals surface area contributed by atoms with Crippen molar-refractivity contribution in [3.05, 3.63) is 140 Å². The molecule has 14 rings (SSSR count). The average Bonchev–Trinajstić information content (AvgIpc) is 1.46. The summed E-state index contributed by atoms with van der Waals surface area (Å²) in [5.74, 6) is -3.23. The number of alkyl carbamates (subject to hydrolysis) is 2. The van der Waals surface area contributed by atoms with Gasteiger partial charge in [-0.1, -0.05) is 89.2 Å². The third kappa shape index (κ3) is 10.9. The van der Waals surface area contributed by atoms with Crippen molar-refractivity contribution in [3.8, 4) is 34.0 Å². The number of carbonyl (C=O) groups excluding carboxylic acids is 7. The predicted octanol–water partition coefficient (Wildman–Crippen LogP) is 7.99. The van der Waals surface area contributed by atoms with Gasteiger partial charge in [0.2, 0.25) is 18.6 Å². The molecular formula is C70H74N6O17. The number of rotatable bonds is 18. The molecule has 2 bridgehead atoms. The highest BCUT2D eigenvalue weighted by Crippen LogP contribution is 2.70. The lowest BCUT2D eigenvalue weighted by Gasteiger charge is -2.71. The van der Waals surface area contributed by atoms with Gasteiger partial charge in [-0.15, -0.1) is 0 Å². The Bertz CT molecular complexity index is 4120. The molecule has 6 aromatic rings. The van der Waals surface area contributed by atoms with Gasteiger partial charge in [-0.2, -0.15) is 0 Å². The number of hydrogen-bond donors (Lipinski definition) is 5. The number of esters is 3. The van der Waals surface area contributed by atoms with E-state index in [2.05, 4.69) is 21.3 Å². The molecule has 23 nitrogen and oxygen atoms in total. The molecule has 6 heterocycles. The molecule has 4 aromatic carbocycles. The molecule has 0 radical (unpaired) electrons. The van der Waals surface area contributed by atoms with E-state index >= 15 is 0 Å². The van der Waals surface area contributed by atoms with Gasteiger partial charge in [0.1, 0.15) is 38.0 Å². The van der Waals surface area contributed by atoms with Gasteiger partial charge in [-0.3, -0.25) is 19.2 Å². The Hall–Kier alpha value is -9.35. The maximum atomic E-state index is 14.3. The average molecular weight is 1270 g/mol. The van der Waals surface area contributed by atoms with Crippen LogP contribution >= 0.6 is 0 Å². The van der Waals surface area contributed by atoms with Crippen LogP contribution in [0.15, 0.2) is 89.7 Å². The zero-order chi connectivity index (χ0) is 65.6. The fourth-order valence-corrected chi connectivity index (χ4v) is 15.3. The molecular weight excluding hydrogens is 1200 g/mol. The first-order valence-corrected chi connectivity index (χ1v) is 31.7. The first-order valence-electron chi connectivity index (χ1n) is 31.7. The van der Waals surface area contributed by atoms with Crippen LogP contribution in [-0.2, 0) is 89.6 Å². The van der Waals surface area contributed by atoms with E-state index in [1.54, 1.807) is 49.6 Å². The van der Waals surface area contributed by atoms with Crippen molar-refractivity contribution in [2.45, 2.75) is 160 Å². The summed E-state index contributed by atoms with van der Waals surface area (Å²) in [7, 11) is 1.23. The number of anilines is 1. The lowest BCUT2D eigenvalue weighted by atomic mass is 9.37. The highest BCUT2D eigenvalue weighted by Gasteiger charge is 2.70. The number of benzene rings is 4. The van der Waals surface area contributed by atoms with Gasteiger partial charge in [-0.25, -0.2) is 24.2 Å². The number of methoxy groups -OCH3 is 1. The molecule has 5 N–H and O–H groups in total. The SMILES string of the molecule is CC[C@@]1(O)C(=O)OCc2c1cc1n(c2=O)Cc2c-1nc1cc3c(cc1c2C12CC(NC(=O)OCc4ccc(NC(=O)[C@H](C)NC(=O)[C@@H](NC(=O)OCC5c6ccccc6-c6ccccc65)C(C)C)cc4CC[C@@H]4O[C@H](C(=O)OC)[C@@H](OC(C)=O)[C@H](C)[C@H]4C)(C1)C2)OCO3. The molecule has 4 aliphatic heterocycles. The molecule has 4 aliphatic carbocycles. The second kappa shape index (κ2) is 24.0. The number of nitrogens with zero attached hydrogens (tertiary/aromatic N) is 2. The van der Waals surface area contributed by atoms with Crippen LogP contribution in [0, 0.1) is 17.8 Å². The summed E-state index contributed by atoms with van der Waals surface area (Å²) in [5.41, 5.74) is 6.30. The van der Waals surface area contributed by atoms with E-state index in [4.69, 9.17) is 42.9 Å². The Morgan fingerprint density at radius 1 is 0.806 bits per heavy atom. The topological polar surface area (TPSA) is 297 Å². The van der Waals surface area contributed by atoms with Gasteiger partial charge in [0.05, 0.1) is 42.2 Å². The van der Waals surface area contributed by atoms with Crippen molar-refractivity contribution in [1.82, 2.24) is 25.5 Å².